The summed E-state index contributed by atoms with van der Waals surface area (Å²) < 4.78 is 10.7. The van der Waals surface area contributed by atoms with Crippen molar-refractivity contribution in [3.8, 4) is 0 Å². The molecule has 5 heteroatoms. The topological polar surface area (TPSA) is 46.2 Å². The third-order valence-corrected chi connectivity index (χ3v) is 3.07. The Kier molecular flexibility index (Phi) is 4.11. The van der Waals surface area contributed by atoms with Crippen LogP contribution >= 0.6 is 11.3 Å². The van der Waals surface area contributed by atoms with Gasteiger partial charge in [-0.1, -0.05) is 6.07 Å². The third kappa shape index (κ3) is 3.69. The fraction of sp³-hybridized carbons (Fsp3) is 0.375. The number of carbonyl (C=O) groups is 1. The molecule has 1 heterocycles. The van der Waals surface area contributed by atoms with Crippen LogP contribution in [0.3, 0.4) is 0 Å². The summed E-state index contributed by atoms with van der Waals surface area (Å²) in [7, 11) is -0.840. The van der Waals surface area contributed by atoms with Gasteiger partial charge in [-0.25, -0.2) is 0 Å². The van der Waals surface area contributed by atoms with E-state index < -0.39 is 10.8 Å². The predicted molar refractivity (Wildman–Crippen MR) is 55.6 cm³/mol. The van der Waals surface area contributed by atoms with E-state index in [4.69, 9.17) is 0 Å². The summed E-state index contributed by atoms with van der Waals surface area (Å²) in [5, 5.41) is 4.55. The zero-order valence-corrected chi connectivity index (χ0v) is 8.91. The highest BCUT2D eigenvalue weighted by molar-refractivity contribution is 7.84. The van der Waals surface area contributed by atoms with E-state index >= 15 is 0 Å². The van der Waals surface area contributed by atoms with Crippen LogP contribution in [0.5, 0.6) is 0 Å². The highest BCUT2D eigenvalue weighted by atomic mass is 32.2. The van der Waals surface area contributed by atoms with Gasteiger partial charge in [0, 0.05) is 29.4 Å². The summed E-state index contributed by atoms with van der Waals surface area (Å²) in [4.78, 5) is 12.0. The molecule has 0 bridgehead atoms. The fourth-order valence-corrected chi connectivity index (χ4v) is 1.83. The van der Waals surface area contributed by atoms with Crippen molar-refractivity contribution in [2.45, 2.75) is 0 Å². The molecule has 0 aliphatic rings. The van der Waals surface area contributed by atoms with Gasteiger partial charge >= 0.3 is 0 Å². The molecule has 0 saturated heterocycles. The van der Waals surface area contributed by atoms with Gasteiger partial charge in [0.2, 0.25) is 0 Å². The maximum absolute atomic E-state index is 11.3. The van der Waals surface area contributed by atoms with Crippen molar-refractivity contribution < 1.29 is 9.00 Å². The molecule has 0 saturated carbocycles. The molecule has 1 atom stereocenters. The molecule has 1 aromatic heterocycles. The van der Waals surface area contributed by atoms with Crippen molar-refractivity contribution in [1.29, 1.82) is 0 Å². The Hall–Kier alpha value is -0.680. The largest absolute Gasteiger partial charge is 0.350 e. The molecule has 1 unspecified atom stereocenters. The van der Waals surface area contributed by atoms with E-state index in [1.54, 1.807) is 12.3 Å². The minimum Gasteiger partial charge on any atom is -0.350 e. The minimum atomic E-state index is -0.840. The normalized spacial score (nSPS) is 12.4. The molecule has 0 aromatic carbocycles. The third-order valence-electron chi connectivity index (χ3n) is 1.42. The average molecular weight is 217 g/mol. The van der Waals surface area contributed by atoms with Gasteiger partial charge in [0.15, 0.2) is 0 Å². The Balaban J connectivity index is 2.31. The molecule has 0 radical (unpaired) electrons. The van der Waals surface area contributed by atoms with Crippen LogP contribution in [0, 0.1) is 0 Å². The summed E-state index contributed by atoms with van der Waals surface area (Å²) in [6.45, 7) is 0.472. The summed E-state index contributed by atoms with van der Waals surface area (Å²) in [5.74, 6) is 0.428. The molecule has 3 nitrogen and oxygen atoms in total. The SMILES string of the molecule is CS(=O)CCNC(=O)c1cccs1. The van der Waals surface area contributed by atoms with Gasteiger partial charge in [0.05, 0.1) is 4.88 Å². The molecule has 0 aliphatic carbocycles. The maximum atomic E-state index is 11.3. The molecule has 1 N–H and O–H groups in total. The first-order chi connectivity index (χ1) is 6.20. The lowest BCUT2D eigenvalue weighted by Gasteiger charge is -2.00. The van der Waals surface area contributed by atoms with E-state index in [-0.39, 0.29) is 5.91 Å². The van der Waals surface area contributed by atoms with Gasteiger partial charge in [0.1, 0.15) is 0 Å². The van der Waals surface area contributed by atoms with Gasteiger partial charge in [0.25, 0.3) is 5.91 Å². The van der Waals surface area contributed by atoms with Crippen LogP contribution in [0.1, 0.15) is 9.67 Å². The predicted octanol–water partition coefficient (Wildman–Crippen LogP) is 0.856. The van der Waals surface area contributed by atoms with Crippen LogP contribution < -0.4 is 5.32 Å². The number of amides is 1. The molecule has 72 valence electrons. The molecular formula is C8H11NO2S2. The van der Waals surface area contributed by atoms with Crippen molar-refractivity contribution in [3.05, 3.63) is 22.4 Å². The van der Waals surface area contributed by atoms with Crippen LogP contribution in [-0.2, 0) is 10.8 Å². The van der Waals surface area contributed by atoms with Crippen LogP contribution in [0.15, 0.2) is 17.5 Å². The van der Waals surface area contributed by atoms with Gasteiger partial charge in [-0.3, -0.25) is 9.00 Å². The molecule has 0 aliphatic heterocycles. The smallest absolute Gasteiger partial charge is 0.261 e. The molecule has 1 amide bonds. The van der Waals surface area contributed by atoms with Gasteiger partial charge in [-0.15, -0.1) is 11.3 Å². The van der Waals surface area contributed by atoms with E-state index in [1.807, 2.05) is 11.4 Å². The van der Waals surface area contributed by atoms with E-state index in [9.17, 15) is 9.00 Å². The first kappa shape index (κ1) is 10.4. The minimum absolute atomic E-state index is 0.0829. The maximum Gasteiger partial charge on any atom is 0.261 e. The van der Waals surface area contributed by atoms with E-state index in [2.05, 4.69) is 5.32 Å². The zero-order chi connectivity index (χ0) is 9.68. The summed E-state index contributed by atoms with van der Waals surface area (Å²) in [5.41, 5.74) is 0. The Bertz CT molecular complexity index is 295. The number of nitrogens with one attached hydrogen (secondary N) is 1. The van der Waals surface area contributed by atoms with Crippen molar-refractivity contribution in [3.63, 3.8) is 0 Å². The molecule has 0 spiro atoms. The number of hydrogen-bond acceptors (Lipinski definition) is 3. The molecule has 0 fully saturated rings. The summed E-state index contributed by atoms with van der Waals surface area (Å²) >= 11 is 1.40. The van der Waals surface area contributed by atoms with Crippen molar-refractivity contribution in [2.24, 2.45) is 0 Å². The van der Waals surface area contributed by atoms with Crippen molar-refractivity contribution in [2.75, 3.05) is 18.6 Å². The molecule has 13 heavy (non-hydrogen) atoms. The number of rotatable bonds is 4. The van der Waals surface area contributed by atoms with Crippen LogP contribution in [0.25, 0.3) is 0 Å². The van der Waals surface area contributed by atoms with Crippen LogP contribution in [-0.4, -0.2) is 28.7 Å². The highest BCUT2D eigenvalue weighted by Gasteiger charge is 2.04. The van der Waals surface area contributed by atoms with Gasteiger partial charge < -0.3 is 5.32 Å². The monoisotopic (exact) mass is 217 g/mol. The number of thiophene rings is 1. The van der Waals surface area contributed by atoms with E-state index in [0.29, 0.717) is 17.2 Å². The summed E-state index contributed by atoms with van der Waals surface area (Å²) in [6, 6.07) is 3.60. The Morgan fingerprint density at radius 1 is 1.69 bits per heavy atom. The molecule has 1 rings (SSSR count). The standard InChI is InChI=1S/C8H11NO2S2/c1-13(11)6-4-9-8(10)7-3-2-5-12-7/h2-3,5H,4,6H2,1H3,(H,9,10). The van der Waals surface area contributed by atoms with Gasteiger partial charge in [-0.05, 0) is 11.4 Å². The summed E-state index contributed by atoms with van der Waals surface area (Å²) in [6.07, 6.45) is 1.62. The number of hydrogen-bond donors (Lipinski definition) is 1. The van der Waals surface area contributed by atoms with E-state index in [0.717, 1.165) is 0 Å². The average Bonchev–Trinajstić information content (AvgIpc) is 2.55. The second-order valence-electron chi connectivity index (χ2n) is 2.51. The second kappa shape index (κ2) is 5.14. The quantitative estimate of drug-likeness (QED) is 0.813. The van der Waals surface area contributed by atoms with Gasteiger partial charge in [-0.2, -0.15) is 0 Å². The first-order valence-electron chi connectivity index (χ1n) is 3.82. The second-order valence-corrected chi connectivity index (χ2v) is 5.01. The lowest BCUT2D eigenvalue weighted by Crippen LogP contribution is -2.26. The lowest BCUT2D eigenvalue weighted by molar-refractivity contribution is 0.0960. The number of carbonyl (C=O) groups excluding carboxylic acids is 1. The Morgan fingerprint density at radius 2 is 2.46 bits per heavy atom. The first-order valence-corrected chi connectivity index (χ1v) is 6.42. The zero-order valence-electron chi connectivity index (χ0n) is 7.28. The fourth-order valence-electron chi connectivity index (χ4n) is 0.803. The lowest BCUT2D eigenvalue weighted by atomic mass is 10.4. The van der Waals surface area contributed by atoms with Crippen LogP contribution in [0.4, 0.5) is 0 Å². The Labute approximate surface area is 83.6 Å². The van der Waals surface area contributed by atoms with Crippen LogP contribution in [0.2, 0.25) is 0 Å². The van der Waals surface area contributed by atoms with Crippen molar-refractivity contribution >= 4 is 28.0 Å². The Morgan fingerprint density at radius 3 is 3.00 bits per heavy atom. The van der Waals surface area contributed by atoms with E-state index in [1.165, 1.54) is 11.3 Å². The highest BCUT2D eigenvalue weighted by Crippen LogP contribution is 2.07. The molecular weight excluding hydrogens is 206 g/mol. The van der Waals surface area contributed by atoms with Crippen molar-refractivity contribution in [1.82, 2.24) is 5.32 Å². The molecule has 1 aromatic rings.